The molecule has 3 aromatic carbocycles. The van der Waals surface area contributed by atoms with Crippen LogP contribution in [0.5, 0.6) is 5.75 Å². The summed E-state index contributed by atoms with van der Waals surface area (Å²) < 4.78 is 53.9. The number of sulfonamides is 1. The number of aryl methyl sites for hydroxylation is 2. The number of nitrogens with zero attached hydrogens (tertiary/aromatic N) is 3. The summed E-state index contributed by atoms with van der Waals surface area (Å²) in [6, 6.07) is 16.1. The molecule has 2 heterocycles. The van der Waals surface area contributed by atoms with E-state index in [1.807, 2.05) is 19.9 Å². The van der Waals surface area contributed by atoms with Crippen molar-refractivity contribution in [2.75, 3.05) is 11.4 Å². The van der Waals surface area contributed by atoms with Gasteiger partial charge in [-0.3, -0.25) is 4.98 Å². The molecule has 0 radical (unpaired) electrons. The summed E-state index contributed by atoms with van der Waals surface area (Å²) in [4.78, 5) is 4.15. The van der Waals surface area contributed by atoms with E-state index in [2.05, 4.69) is 10.1 Å². The number of aromatic nitrogens is 2. The molecule has 0 aliphatic heterocycles. The molecule has 7 nitrogen and oxygen atoms in total. The van der Waals surface area contributed by atoms with Crippen LogP contribution in [-0.2, 0) is 10.0 Å². The van der Waals surface area contributed by atoms with E-state index in [9.17, 15) is 12.8 Å². The van der Waals surface area contributed by atoms with Crippen molar-refractivity contribution in [3.05, 3.63) is 96.3 Å². The van der Waals surface area contributed by atoms with Gasteiger partial charge in [0.15, 0.2) is 5.82 Å². The van der Waals surface area contributed by atoms with Crippen LogP contribution < -0.4 is 9.04 Å². The van der Waals surface area contributed by atoms with Gasteiger partial charge in [-0.05, 0) is 84.0 Å². The van der Waals surface area contributed by atoms with E-state index < -0.39 is 10.0 Å². The lowest BCUT2D eigenvalue weighted by molar-refractivity contribution is 0.414. The Balaban J connectivity index is 1.71. The lowest BCUT2D eigenvalue weighted by Crippen LogP contribution is -2.27. The Bertz CT molecular complexity index is 1670. The highest BCUT2D eigenvalue weighted by molar-refractivity contribution is 7.93. The molecule has 5 rings (SSSR count). The monoisotopic (exact) mass is 503 g/mol. The van der Waals surface area contributed by atoms with Crippen molar-refractivity contribution in [1.29, 1.82) is 0 Å². The third-order valence-electron chi connectivity index (χ3n) is 5.88. The number of halogens is 1. The van der Waals surface area contributed by atoms with Crippen molar-refractivity contribution in [3.63, 3.8) is 0 Å². The second-order valence-electron chi connectivity index (χ2n) is 8.37. The maximum atomic E-state index is 14.1. The Morgan fingerprint density at radius 2 is 1.81 bits per heavy atom. The number of rotatable bonds is 6. The molecular formula is C27H22FN3O4S. The van der Waals surface area contributed by atoms with E-state index in [0.29, 0.717) is 11.1 Å². The van der Waals surface area contributed by atoms with Gasteiger partial charge in [-0.1, -0.05) is 17.3 Å². The Kier molecular flexibility index (Phi) is 5.93. The molecule has 0 atom stereocenters. The van der Waals surface area contributed by atoms with Crippen LogP contribution in [0.1, 0.15) is 11.1 Å². The number of pyridine rings is 1. The summed E-state index contributed by atoms with van der Waals surface area (Å²) in [5.41, 5.74) is 3.12. The van der Waals surface area contributed by atoms with E-state index >= 15 is 0 Å². The van der Waals surface area contributed by atoms with E-state index in [0.717, 1.165) is 26.2 Å². The van der Waals surface area contributed by atoms with Crippen molar-refractivity contribution in [3.8, 4) is 16.9 Å². The smallest absolute Gasteiger partial charge is 0.270 e. The zero-order chi connectivity index (χ0) is 25.4. The van der Waals surface area contributed by atoms with Crippen LogP contribution in [0.3, 0.4) is 0 Å². The minimum absolute atomic E-state index is 0.0636. The maximum absolute atomic E-state index is 14.1. The highest BCUT2D eigenvalue weighted by atomic mass is 32.2. The number of ether oxygens (including phenoxy) is 1. The highest BCUT2D eigenvalue weighted by Crippen LogP contribution is 2.42. The van der Waals surface area contributed by atoms with Crippen LogP contribution in [0, 0.1) is 19.7 Å². The number of methoxy groups -OCH3 is 1. The minimum atomic E-state index is -4.16. The Morgan fingerprint density at radius 3 is 2.53 bits per heavy atom. The van der Waals surface area contributed by atoms with Crippen molar-refractivity contribution < 1.29 is 22.1 Å². The number of fused-ring (bicyclic) bond motifs is 1. The standard InChI is InChI=1S/C27H22FN3O4S/c1-17-10-21(13-22(28)11-17)24-15-26(34-3)25(12-18(24)2)31(27-7-9-35-30-27)36(32,33)23-5-4-20-16-29-8-6-19(20)14-23/h4-16H,1-3H3. The average Bonchev–Trinajstić information content (AvgIpc) is 3.37. The van der Waals surface area contributed by atoms with Crippen LogP contribution in [0.15, 0.2) is 88.7 Å². The fraction of sp³-hybridized carbons (Fsp3) is 0.111. The van der Waals surface area contributed by atoms with Crippen LogP contribution in [0.2, 0.25) is 0 Å². The van der Waals surface area contributed by atoms with Gasteiger partial charge in [0.2, 0.25) is 0 Å². The van der Waals surface area contributed by atoms with Crippen LogP contribution in [0.4, 0.5) is 15.9 Å². The quantitative estimate of drug-likeness (QED) is 0.275. The first-order valence-electron chi connectivity index (χ1n) is 11.0. The van der Waals surface area contributed by atoms with E-state index in [-0.39, 0.29) is 28.0 Å². The second-order valence-corrected chi connectivity index (χ2v) is 10.2. The van der Waals surface area contributed by atoms with Gasteiger partial charge in [-0.25, -0.2) is 17.1 Å². The SMILES string of the molecule is COc1cc(-c2cc(C)cc(F)c2)c(C)cc1N(c1ccon1)S(=O)(=O)c1ccc2cnccc2c1. The lowest BCUT2D eigenvalue weighted by atomic mass is 9.98. The van der Waals surface area contributed by atoms with Gasteiger partial charge in [0.1, 0.15) is 23.5 Å². The van der Waals surface area contributed by atoms with Gasteiger partial charge >= 0.3 is 0 Å². The summed E-state index contributed by atoms with van der Waals surface area (Å²) >= 11 is 0. The molecule has 0 spiro atoms. The fourth-order valence-corrected chi connectivity index (χ4v) is 5.68. The molecular weight excluding hydrogens is 481 g/mol. The topological polar surface area (TPSA) is 85.5 Å². The molecule has 0 saturated heterocycles. The molecule has 0 bridgehead atoms. The molecule has 36 heavy (non-hydrogen) atoms. The Hall–Kier alpha value is -4.24. The van der Waals surface area contributed by atoms with Gasteiger partial charge in [-0.2, -0.15) is 0 Å². The normalized spacial score (nSPS) is 11.6. The third-order valence-corrected chi connectivity index (χ3v) is 7.59. The Labute approximate surface area is 207 Å². The summed E-state index contributed by atoms with van der Waals surface area (Å²) in [5, 5.41) is 5.45. The van der Waals surface area contributed by atoms with Crippen molar-refractivity contribution in [2.24, 2.45) is 0 Å². The molecule has 0 aliphatic rings. The van der Waals surface area contributed by atoms with Gasteiger partial charge in [0.05, 0.1) is 12.0 Å². The summed E-state index contributed by atoms with van der Waals surface area (Å²) in [7, 11) is -2.71. The van der Waals surface area contributed by atoms with Crippen LogP contribution >= 0.6 is 0 Å². The summed E-state index contributed by atoms with van der Waals surface area (Å²) in [6.45, 7) is 3.64. The summed E-state index contributed by atoms with van der Waals surface area (Å²) in [5.74, 6) is -0.0169. The number of hydrogen-bond donors (Lipinski definition) is 0. The zero-order valence-electron chi connectivity index (χ0n) is 19.8. The molecule has 0 aliphatic carbocycles. The van der Waals surface area contributed by atoms with Gasteiger partial charge < -0.3 is 9.26 Å². The molecule has 0 N–H and O–H groups in total. The van der Waals surface area contributed by atoms with Crippen molar-refractivity contribution in [2.45, 2.75) is 18.7 Å². The van der Waals surface area contributed by atoms with Crippen molar-refractivity contribution in [1.82, 2.24) is 10.1 Å². The molecule has 0 amide bonds. The van der Waals surface area contributed by atoms with E-state index in [1.54, 1.807) is 42.7 Å². The molecule has 0 saturated carbocycles. The van der Waals surface area contributed by atoms with E-state index in [1.165, 1.54) is 37.6 Å². The molecule has 0 fully saturated rings. The number of anilines is 2. The summed E-state index contributed by atoms with van der Waals surface area (Å²) in [6.07, 6.45) is 4.57. The molecule has 5 aromatic rings. The number of hydrogen-bond acceptors (Lipinski definition) is 6. The highest BCUT2D eigenvalue weighted by Gasteiger charge is 2.32. The molecule has 182 valence electrons. The van der Waals surface area contributed by atoms with E-state index in [4.69, 9.17) is 9.26 Å². The van der Waals surface area contributed by atoms with Crippen LogP contribution in [-0.4, -0.2) is 25.7 Å². The predicted octanol–water partition coefficient (Wildman–Crippen LogP) is 6.18. The average molecular weight is 504 g/mol. The first kappa shape index (κ1) is 23.5. The second kappa shape index (κ2) is 9.09. The maximum Gasteiger partial charge on any atom is 0.270 e. The Morgan fingerprint density at radius 1 is 0.972 bits per heavy atom. The predicted molar refractivity (Wildman–Crippen MR) is 135 cm³/mol. The van der Waals surface area contributed by atoms with Crippen molar-refractivity contribution >= 4 is 32.3 Å². The van der Waals surface area contributed by atoms with Gasteiger partial charge in [0, 0.05) is 23.8 Å². The largest absolute Gasteiger partial charge is 0.495 e. The first-order chi connectivity index (χ1) is 17.3. The van der Waals surface area contributed by atoms with Gasteiger partial charge in [-0.15, -0.1) is 0 Å². The molecule has 0 unspecified atom stereocenters. The zero-order valence-corrected chi connectivity index (χ0v) is 20.6. The fourth-order valence-electron chi connectivity index (χ4n) is 4.21. The van der Waals surface area contributed by atoms with Crippen LogP contribution in [0.25, 0.3) is 21.9 Å². The van der Waals surface area contributed by atoms with Gasteiger partial charge in [0.25, 0.3) is 10.0 Å². The lowest BCUT2D eigenvalue weighted by Gasteiger charge is -2.25. The minimum Gasteiger partial charge on any atom is -0.495 e. The molecule has 2 aromatic heterocycles. The number of benzene rings is 3. The third kappa shape index (κ3) is 4.18. The molecule has 9 heteroatoms. The first-order valence-corrected chi connectivity index (χ1v) is 12.5.